The lowest BCUT2D eigenvalue weighted by atomic mass is 9.85. The van der Waals surface area contributed by atoms with E-state index >= 15 is 0 Å². The molecule has 0 atom stereocenters. The van der Waals surface area contributed by atoms with Gasteiger partial charge in [-0.3, -0.25) is 0 Å². The van der Waals surface area contributed by atoms with Gasteiger partial charge in [-0.05, 0) is 0 Å². The van der Waals surface area contributed by atoms with Crippen LogP contribution in [0.3, 0.4) is 0 Å². The monoisotopic (exact) mass is 263 g/mol. The molecule has 0 fully saturated rings. The molecule has 0 aliphatic carbocycles. The molecule has 0 aromatic rings. The van der Waals surface area contributed by atoms with E-state index in [1.165, 1.54) is 0 Å². The lowest BCUT2D eigenvalue weighted by Crippen LogP contribution is -2.63. The highest BCUT2D eigenvalue weighted by Gasteiger charge is 2.89. The maximum atomic E-state index is 11.8. The van der Waals surface area contributed by atoms with Crippen LogP contribution in [0, 0.1) is 5.41 Å². The minimum atomic E-state index is -7.11. The molecular formula is C5F9O2. The Morgan fingerprint density at radius 2 is 0.812 bits per heavy atom. The number of hydrogen-bond donors (Lipinski definition) is 0. The Kier molecular flexibility index (Phi) is 3.17. The Balaban J connectivity index is 6.17. The van der Waals surface area contributed by atoms with Crippen LogP contribution in [-0.4, -0.2) is 24.5 Å². The molecule has 0 aromatic heterocycles. The molecule has 16 heavy (non-hydrogen) atoms. The minimum absolute atomic E-state index is 4.32. The molecule has 0 bridgehead atoms. The number of rotatable bonds is 1. The van der Waals surface area contributed by atoms with Gasteiger partial charge in [0.05, 0.1) is 0 Å². The fourth-order valence-electron chi connectivity index (χ4n) is 0.829. The summed E-state index contributed by atoms with van der Waals surface area (Å²) in [6.45, 7) is 0. The van der Waals surface area contributed by atoms with Crippen LogP contribution in [-0.2, 0) is 9.90 Å². The van der Waals surface area contributed by atoms with Crippen LogP contribution in [0.2, 0.25) is 0 Å². The highest BCUT2D eigenvalue weighted by molar-refractivity contribution is 5.77. The predicted molar refractivity (Wildman–Crippen MR) is 26.3 cm³/mol. The molecule has 0 saturated heterocycles. The summed E-state index contributed by atoms with van der Waals surface area (Å²) in [5, 5.41) is 9.69. The average Bonchev–Trinajstić information content (AvgIpc) is 1.71. The van der Waals surface area contributed by atoms with E-state index in [1.54, 1.807) is 0 Å². The Labute approximate surface area is 80.6 Å². The molecule has 0 unspecified atom stereocenters. The molecular weight excluding hydrogens is 263 g/mol. The van der Waals surface area contributed by atoms with Crippen molar-refractivity contribution in [3.05, 3.63) is 0 Å². The van der Waals surface area contributed by atoms with E-state index in [4.69, 9.17) is 0 Å². The SMILES string of the molecule is [O]C(=O)C(C(F)(F)F)(C(F)(F)F)C(F)(F)F. The van der Waals surface area contributed by atoms with Crippen molar-refractivity contribution < 1.29 is 49.4 Å². The van der Waals surface area contributed by atoms with Crippen LogP contribution < -0.4 is 0 Å². The quantitative estimate of drug-likeness (QED) is 0.670. The third-order valence-corrected chi connectivity index (χ3v) is 1.58. The van der Waals surface area contributed by atoms with Crippen molar-refractivity contribution in [3.63, 3.8) is 0 Å². The molecule has 0 amide bonds. The molecule has 0 aliphatic rings. The molecule has 2 nitrogen and oxygen atoms in total. The summed E-state index contributed by atoms with van der Waals surface area (Å²) in [5.74, 6) is -4.32. The molecule has 0 saturated carbocycles. The van der Waals surface area contributed by atoms with Gasteiger partial charge in [0.25, 0.3) is 0 Å². The zero-order chi connectivity index (χ0) is 13.6. The van der Waals surface area contributed by atoms with Gasteiger partial charge in [0.1, 0.15) is 0 Å². The van der Waals surface area contributed by atoms with Gasteiger partial charge in [0, 0.05) is 0 Å². The molecule has 11 heteroatoms. The summed E-state index contributed by atoms with van der Waals surface area (Å²) in [7, 11) is 0. The van der Waals surface area contributed by atoms with Gasteiger partial charge < -0.3 is 0 Å². The lowest BCUT2D eigenvalue weighted by molar-refractivity contribution is -0.412. The van der Waals surface area contributed by atoms with Crippen LogP contribution in [0.25, 0.3) is 0 Å². The first-order valence-electron chi connectivity index (χ1n) is 3.11. The van der Waals surface area contributed by atoms with Crippen molar-refractivity contribution in [2.45, 2.75) is 18.5 Å². The van der Waals surface area contributed by atoms with Crippen molar-refractivity contribution in [2.24, 2.45) is 5.41 Å². The maximum absolute atomic E-state index is 11.8. The smallest absolute Gasteiger partial charge is 0.246 e. The Hall–Kier alpha value is -1.16. The highest BCUT2D eigenvalue weighted by Crippen LogP contribution is 2.59. The van der Waals surface area contributed by atoms with Crippen molar-refractivity contribution in [1.82, 2.24) is 0 Å². The van der Waals surface area contributed by atoms with Crippen molar-refractivity contribution in [1.29, 1.82) is 0 Å². The van der Waals surface area contributed by atoms with Crippen molar-refractivity contribution >= 4 is 5.97 Å². The minimum Gasteiger partial charge on any atom is -0.246 e. The number of halogens is 9. The molecule has 95 valence electrons. The Bertz CT molecular complexity index is 246. The van der Waals surface area contributed by atoms with Crippen LogP contribution in [0.4, 0.5) is 39.5 Å². The van der Waals surface area contributed by atoms with E-state index < -0.39 is 29.9 Å². The van der Waals surface area contributed by atoms with Crippen LogP contribution in [0.15, 0.2) is 0 Å². The standard InChI is InChI=1S/C5F9O2/c6-3(7,8)2(1(15)16,4(9,10)11)5(12,13)14. The summed E-state index contributed by atoms with van der Waals surface area (Å²) in [5.41, 5.74) is -6.88. The molecule has 0 N–H and O–H groups in total. The first-order chi connectivity index (χ1) is 6.69. The van der Waals surface area contributed by atoms with Crippen LogP contribution in [0.1, 0.15) is 0 Å². The van der Waals surface area contributed by atoms with Gasteiger partial charge in [0.15, 0.2) is 0 Å². The maximum Gasteiger partial charge on any atom is 0.423 e. The van der Waals surface area contributed by atoms with E-state index in [-0.39, 0.29) is 0 Å². The summed E-state index contributed by atoms with van der Waals surface area (Å²) >= 11 is 0. The molecule has 0 aliphatic heterocycles. The first kappa shape index (κ1) is 14.8. The number of hydrogen-bond acceptors (Lipinski definition) is 1. The summed E-state index contributed by atoms with van der Waals surface area (Å²) in [4.78, 5) is 9.69. The predicted octanol–water partition coefficient (Wildman–Crippen LogP) is 2.62. The largest absolute Gasteiger partial charge is 0.423 e. The van der Waals surface area contributed by atoms with Crippen LogP contribution >= 0.6 is 0 Å². The highest BCUT2D eigenvalue weighted by atomic mass is 19.4. The van der Waals surface area contributed by atoms with E-state index in [0.717, 1.165) is 0 Å². The lowest BCUT2D eigenvalue weighted by Gasteiger charge is -2.33. The Morgan fingerprint density at radius 3 is 0.812 bits per heavy atom. The van der Waals surface area contributed by atoms with E-state index in [0.29, 0.717) is 0 Å². The zero-order valence-corrected chi connectivity index (χ0v) is 6.72. The van der Waals surface area contributed by atoms with Gasteiger partial charge in [-0.25, -0.2) is 9.90 Å². The first-order valence-corrected chi connectivity index (χ1v) is 3.11. The van der Waals surface area contributed by atoms with E-state index in [2.05, 4.69) is 0 Å². The van der Waals surface area contributed by atoms with E-state index in [1.807, 2.05) is 0 Å². The normalized spacial score (nSPS) is 15.1. The topological polar surface area (TPSA) is 37.0 Å². The molecule has 0 spiro atoms. The van der Waals surface area contributed by atoms with Crippen molar-refractivity contribution in [3.8, 4) is 0 Å². The molecule has 0 heterocycles. The van der Waals surface area contributed by atoms with Gasteiger partial charge in [-0.15, -0.1) is 0 Å². The zero-order valence-electron chi connectivity index (χ0n) is 6.72. The van der Waals surface area contributed by atoms with Gasteiger partial charge >= 0.3 is 29.9 Å². The summed E-state index contributed by atoms with van der Waals surface area (Å²) < 4.78 is 106. The average molecular weight is 263 g/mol. The third kappa shape index (κ3) is 1.78. The number of carbonyl (C=O) groups is 1. The van der Waals surface area contributed by atoms with Gasteiger partial charge in [0.2, 0.25) is 0 Å². The molecule has 0 aromatic carbocycles. The number of alkyl halides is 9. The fourth-order valence-corrected chi connectivity index (χ4v) is 0.829. The summed E-state index contributed by atoms with van der Waals surface area (Å²) in [6, 6.07) is 0. The molecule has 0 rings (SSSR count). The van der Waals surface area contributed by atoms with E-state index in [9.17, 15) is 49.4 Å². The Morgan fingerprint density at radius 1 is 0.625 bits per heavy atom. The van der Waals surface area contributed by atoms with Crippen LogP contribution in [0.5, 0.6) is 0 Å². The second-order valence-electron chi connectivity index (χ2n) is 2.53. The second-order valence-corrected chi connectivity index (χ2v) is 2.53. The summed E-state index contributed by atoms with van der Waals surface area (Å²) in [6.07, 6.45) is -21.3. The third-order valence-electron chi connectivity index (χ3n) is 1.58. The fraction of sp³-hybridized carbons (Fsp3) is 0.800. The van der Waals surface area contributed by atoms with Crippen molar-refractivity contribution in [2.75, 3.05) is 0 Å². The number of carbonyl (C=O) groups excluding carboxylic acids is 1. The molecule has 1 radical (unpaired) electrons. The van der Waals surface area contributed by atoms with Gasteiger partial charge in [-0.2, -0.15) is 39.5 Å². The second kappa shape index (κ2) is 3.42. The van der Waals surface area contributed by atoms with Gasteiger partial charge in [-0.1, -0.05) is 0 Å².